The van der Waals surface area contributed by atoms with Gasteiger partial charge in [0.05, 0.1) is 30.5 Å². The molecule has 0 bridgehead atoms. The summed E-state index contributed by atoms with van der Waals surface area (Å²) < 4.78 is 10.5. The van der Waals surface area contributed by atoms with E-state index < -0.39 is 17.2 Å². The number of Topliss-reactive ketones (excluding diaryl/α,β-unsaturated/α-hetero) is 1. The lowest BCUT2D eigenvalue weighted by molar-refractivity contribution is -0.113. The number of aromatic nitrogens is 2. The molecule has 30 heavy (non-hydrogen) atoms. The van der Waals surface area contributed by atoms with Gasteiger partial charge in [-0.15, -0.1) is 0 Å². The van der Waals surface area contributed by atoms with E-state index in [1.807, 2.05) is 0 Å². The molecule has 3 aromatic rings. The number of H-pyrrole nitrogens is 2. The summed E-state index contributed by atoms with van der Waals surface area (Å²) in [5.41, 5.74) is 1.02. The molecule has 1 aromatic heterocycles. The number of carbonyl (C=O) groups excluding carboxylic acids is 2. The van der Waals surface area contributed by atoms with E-state index in [0.29, 0.717) is 28.3 Å². The Morgan fingerprint density at radius 3 is 2.40 bits per heavy atom. The first kappa shape index (κ1) is 19.3. The number of para-hydroxylation sites is 1. The molecule has 2 N–H and O–H groups in total. The van der Waals surface area contributed by atoms with Crippen LogP contribution in [0.4, 0.5) is 5.69 Å². The molecule has 2 aromatic carbocycles. The summed E-state index contributed by atoms with van der Waals surface area (Å²) >= 11 is 0. The van der Waals surface area contributed by atoms with Crippen molar-refractivity contribution in [1.29, 1.82) is 0 Å². The maximum Gasteiger partial charge on any atom is 0.271 e. The minimum absolute atomic E-state index is 0.0960. The summed E-state index contributed by atoms with van der Waals surface area (Å²) in [6, 6.07) is 12.0. The van der Waals surface area contributed by atoms with Gasteiger partial charge >= 0.3 is 0 Å². The molecule has 0 fully saturated rings. The quantitative estimate of drug-likeness (QED) is 0.663. The van der Waals surface area contributed by atoms with Crippen LogP contribution in [-0.4, -0.2) is 43.2 Å². The number of hydrogen-bond donors (Lipinski definition) is 2. The van der Waals surface area contributed by atoms with Gasteiger partial charge in [0.2, 0.25) is 5.78 Å². The molecule has 0 aliphatic carbocycles. The Hall–Kier alpha value is -4.07. The number of nitrogens with one attached hydrogen (secondary N) is 2. The predicted octanol–water partition coefficient (Wildman–Crippen LogP) is 0.559. The molecular formula is C22H19N3O5. The fourth-order valence-electron chi connectivity index (χ4n) is 3.50. The van der Waals surface area contributed by atoms with Crippen molar-refractivity contribution in [3.8, 4) is 11.5 Å². The Bertz CT molecular complexity index is 1350. The average molecular weight is 405 g/mol. The van der Waals surface area contributed by atoms with Crippen molar-refractivity contribution in [2.45, 2.75) is 0 Å². The van der Waals surface area contributed by atoms with Crippen LogP contribution in [0.5, 0.6) is 11.5 Å². The lowest BCUT2D eigenvalue weighted by Gasteiger charge is -2.25. The highest BCUT2D eigenvalue weighted by atomic mass is 16.5. The highest BCUT2D eigenvalue weighted by molar-refractivity contribution is 6.51. The summed E-state index contributed by atoms with van der Waals surface area (Å²) in [5, 5.41) is 5.49. The second-order valence-corrected chi connectivity index (χ2v) is 6.71. The fraction of sp³-hybridized carbons (Fsp3) is 0.136. The molecule has 0 unspecified atom stereocenters. The van der Waals surface area contributed by atoms with Gasteiger partial charge in [-0.2, -0.15) is 0 Å². The van der Waals surface area contributed by atoms with Gasteiger partial charge in [-0.1, -0.05) is 18.2 Å². The number of carbonyl (C=O) groups is 2. The van der Waals surface area contributed by atoms with Gasteiger partial charge in [-0.3, -0.25) is 24.6 Å². The molecule has 1 aliphatic heterocycles. The standard InChI is InChI=1S/C22H19N3O5/c1-25-15-7-5-4-6-13(15)20(26)18(22(25)28)19-14(21(27)24-23-19)10-12-8-9-16(29-2)17(11-12)30-3/h4-11,23H,1-3H3,(H,24,27)/b14-10-,19-18+. The van der Waals surface area contributed by atoms with Gasteiger partial charge in [0.1, 0.15) is 5.57 Å². The van der Waals surface area contributed by atoms with E-state index in [9.17, 15) is 14.4 Å². The Morgan fingerprint density at radius 2 is 1.67 bits per heavy atom. The highest BCUT2D eigenvalue weighted by Gasteiger charge is 2.33. The second kappa shape index (κ2) is 7.40. The zero-order valence-electron chi connectivity index (χ0n) is 16.6. The molecule has 8 nitrogen and oxygen atoms in total. The topological polar surface area (TPSA) is 104 Å². The van der Waals surface area contributed by atoms with Crippen molar-refractivity contribution in [3.63, 3.8) is 0 Å². The SMILES string of the molecule is COc1ccc(/C=c2\c(=O)[nH][nH]\c2=C2/C(=O)c3ccccc3N(C)C2=O)cc1OC. The first-order chi connectivity index (χ1) is 14.5. The summed E-state index contributed by atoms with van der Waals surface area (Å²) in [6.07, 6.45) is 1.58. The smallest absolute Gasteiger partial charge is 0.271 e. The number of methoxy groups -OCH3 is 2. The third kappa shape index (κ3) is 2.98. The molecule has 0 atom stereocenters. The van der Waals surface area contributed by atoms with E-state index in [0.717, 1.165) is 0 Å². The molecule has 1 amide bonds. The lowest BCUT2D eigenvalue weighted by atomic mass is 9.95. The van der Waals surface area contributed by atoms with Crippen LogP contribution < -0.4 is 30.5 Å². The van der Waals surface area contributed by atoms with E-state index >= 15 is 0 Å². The van der Waals surface area contributed by atoms with Crippen LogP contribution in [0.3, 0.4) is 0 Å². The summed E-state index contributed by atoms with van der Waals surface area (Å²) in [6.45, 7) is 0. The van der Waals surface area contributed by atoms with Crippen molar-refractivity contribution in [3.05, 3.63) is 74.5 Å². The molecule has 8 heteroatoms. The second-order valence-electron chi connectivity index (χ2n) is 6.71. The summed E-state index contributed by atoms with van der Waals surface area (Å²) in [4.78, 5) is 40.0. The number of ketones is 1. The van der Waals surface area contributed by atoms with Crippen LogP contribution in [-0.2, 0) is 4.79 Å². The number of rotatable bonds is 3. The molecule has 2 heterocycles. The normalized spacial score (nSPS) is 16.0. The minimum Gasteiger partial charge on any atom is -0.493 e. The summed E-state index contributed by atoms with van der Waals surface area (Å²) in [7, 11) is 4.64. The molecule has 0 saturated heterocycles. The van der Waals surface area contributed by atoms with E-state index in [2.05, 4.69) is 10.2 Å². The Balaban J connectivity index is 1.99. The maximum atomic E-state index is 13.1. The third-order valence-corrected chi connectivity index (χ3v) is 5.04. The number of benzene rings is 2. The molecule has 4 rings (SSSR count). The predicted molar refractivity (Wildman–Crippen MR) is 111 cm³/mol. The number of ether oxygens (including phenoxy) is 2. The van der Waals surface area contributed by atoms with E-state index in [1.165, 1.54) is 19.1 Å². The maximum absolute atomic E-state index is 13.1. The molecule has 0 spiro atoms. The highest BCUT2D eigenvalue weighted by Crippen LogP contribution is 2.29. The molecular weight excluding hydrogens is 386 g/mol. The fourth-order valence-corrected chi connectivity index (χ4v) is 3.50. The number of fused-ring (bicyclic) bond motifs is 1. The summed E-state index contributed by atoms with van der Waals surface area (Å²) in [5.74, 6) is 0.107. The van der Waals surface area contributed by atoms with Crippen LogP contribution in [0.25, 0.3) is 11.6 Å². The van der Waals surface area contributed by atoms with Crippen molar-refractivity contribution in [2.24, 2.45) is 0 Å². The monoisotopic (exact) mass is 405 g/mol. The van der Waals surface area contributed by atoms with Gasteiger partial charge < -0.3 is 14.4 Å². The van der Waals surface area contributed by atoms with Crippen LogP contribution in [0.1, 0.15) is 15.9 Å². The number of aromatic amines is 2. The van der Waals surface area contributed by atoms with Crippen LogP contribution in [0.15, 0.2) is 47.3 Å². The number of hydrogen-bond acceptors (Lipinski definition) is 5. The molecule has 0 radical (unpaired) electrons. The average Bonchev–Trinajstić information content (AvgIpc) is 3.12. The zero-order valence-corrected chi connectivity index (χ0v) is 16.6. The van der Waals surface area contributed by atoms with Gasteiger partial charge in [0, 0.05) is 12.6 Å². The van der Waals surface area contributed by atoms with Gasteiger partial charge in [-0.05, 0) is 35.9 Å². The van der Waals surface area contributed by atoms with Crippen LogP contribution >= 0.6 is 0 Å². The first-order valence-corrected chi connectivity index (χ1v) is 9.12. The largest absolute Gasteiger partial charge is 0.493 e. The van der Waals surface area contributed by atoms with Gasteiger partial charge in [0.25, 0.3) is 11.5 Å². The van der Waals surface area contributed by atoms with Crippen molar-refractivity contribution in [2.75, 3.05) is 26.2 Å². The van der Waals surface area contributed by atoms with E-state index in [-0.39, 0.29) is 16.1 Å². The molecule has 152 valence electrons. The number of nitrogens with zero attached hydrogens (tertiary/aromatic N) is 1. The Labute approximate surface area is 171 Å². The zero-order chi connectivity index (χ0) is 21.4. The van der Waals surface area contributed by atoms with Crippen molar-refractivity contribution in [1.82, 2.24) is 10.2 Å². The van der Waals surface area contributed by atoms with Gasteiger partial charge in [-0.25, -0.2) is 0 Å². The van der Waals surface area contributed by atoms with Crippen molar-refractivity contribution >= 4 is 29.0 Å². The first-order valence-electron chi connectivity index (χ1n) is 9.12. The Kier molecular flexibility index (Phi) is 4.75. The van der Waals surface area contributed by atoms with Crippen LogP contribution in [0, 0.1) is 0 Å². The van der Waals surface area contributed by atoms with Crippen molar-refractivity contribution < 1.29 is 19.1 Å². The van der Waals surface area contributed by atoms with Crippen LogP contribution in [0.2, 0.25) is 0 Å². The third-order valence-electron chi connectivity index (χ3n) is 5.04. The van der Waals surface area contributed by atoms with E-state index in [1.54, 1.807) is 55.6 Å². The molecule has 1 aliphatic rings. The number of amides is 1. The Morgan fingerprint density at radius 1 is 0.933 bits per heavy atom. The van der Waals surface area contributed by atoms with Gasteiger partial charge in [0.15, 0.2) is 11.5 Å². The minimum atomic E-state index is -0.490. The number of anilines is 1. The lowest BCUT2D eigenvalue weighted by Crippen LogP contribution is -2.44. The molecule has 0 saturated carbocycles. The van der Waals surface area contributed by atoms with E-state index in [4.69, 9.17) is 9.47 Å².